The quantitative estimate of drug-likeness (QED) is 0.446. The fraction of sp³-hybridized carbons (Fsp3) is 0.455. The zero-order chi connectivity index (χ0) is 15.5. The number of rotatable bonds is 6. The van der Waals surface area contributed by atoms with Crippen molar-refractivity contribution in [3.8, 4) is 0 Å². The zero-order valence-corrected chi connectivity index (χ0v) is 12.3. The molecule has 1 aromatic carbocycles. The monoisotopic (exact) mass is 302 g/mol. The smallest absolute Gasteiger partial charge is 0.293 e. The number of benzene rings is 1. The Morgan fingerprint density at radius 3 is 2.55 bits per heavy atom. The number of hydrogen-bond acceptors (Lipinski definition) is 6. The Bertz CT molecular complexity index is 600. The first-order chi connectivity index (χ1) is 9.13. The molecule has 0 aromatic heterocycles. The zero-order valence-electron chi connectivity index (χ0n) is 11.5. The molecule has 0 bridgehead atoms. The van der Waals surface area contributed by atoms with E-state index in [0.29, 0.717) is 6.54 Å². The Morgan fingerprint density at radius 2 is 2.05 bits per heavy atom. The van der Waals surface area contributed by atoms with Gasteiger partial charge in [-0.05, 0) is 33.2 Å². The molecule has 1 unspecified atom stereocenters. The molecule has 0 saturated carbocycles. The van der Waals surface area contributed by atoms with E-state index in [2.05, 4.69) is 4.72 Å². The summed E-state index contributed by atoms with van der Waals surface area (Å²) in [6, 6.07) is 3.09. The van der Waals surface area contributed by atoms with Crippen LogP contribution in [0.1, 0.15) is 6.92 Å². The van der Waals surface area contributed by atoms with Gasteiger partial charge in [-0.2, -0.15) is 0 Å². The number of likely N-dealkylation sites (N-methyl/N-ethyl adjacent to an activating group) is 1. The van der Waals surface area contributed by atoms with Crippen LogP contribution in [0.15, 0.2) is 23.1 Å². The number of hydrogen-bond donors (Lipinski definition) is 2. The molecule has 8 nitrogen and oxygen atoms in total. The SMILES string of the molecule is CC(CN(C)C)NS(=O)(=O)c1ccc(N)c([N+](=O)[O-])c1. The van der Waals surface area contributed by atoms with E-state index in [9.17, 15) is 18.5 Å². The minimum Gasteiger partial charge on any atom is -0.393 e. The molecule has 1 aromatic rings. The minimum atomic E-state index is -3.81. The molecule has 3 N–H and O–H groups in total. The van der Waals surface area contributed by atoms with Crippen molar-refractivity contribution in [3.05, 3.63) is 28.3 Å². The lowest BCUT2D eigenvalue weighted by atomic mass is 10.3. The van der Waals surface area contributed by atoms with Crippen molar-refractivity contribution < 1.29 is 13.3 Å². The van der Waals surface area contributed by atoms with Crippen molar-refractivity contribution >= 4 is 21.4 Å². The van der Waals surface area contributed by atoms with Gasteiger partial charge in [-0.25, -0.2) is 13.1 Å². The number of nitrogen functional groups attached to an aromatic ring is 1. The third kappa shape index (κ3) is 4.15. The van der Waals surface area contributed by atoms with Crippen molar-refractivity contribution in [1.82, 2.24) is 9.62 Å². The lowest BCUT2D eigenvalue weighted by Crippen LogP contribution is -2.39. The Hall–Kier alpha value is -1.71. The van der Waals surface area contributed by atoms with E-state index in [1.54, 1.807) is 6.92 Å². The topological polar surface area (TPSA) is 119 Å². The molecule has 20 heavy (non-hydrogen) atoms. The Kier molecular flexibility index (Phi) is 5.03. The fourth-order valence-electron chi connectivity index (χ4n) is 1.77. The first-order valence-corrected chi connectivity index (χ1v) is 7.33. The van der Waals surface area contributed by atoms with Gasteiger partial charge in [-0.3, -0.25) is 10.1 Å². The maximum absolute atomic E-state index is 12.1. The van der Waals surface area contributed by atoms with E-state index < -0.39 is 20.6 Å². The van der Waals surface area contributed by atoms with E-state index in [4.69, 9.17) is 5.73 Å². The maximum Gasteiger partial charge on any atom is 0.293 e. The van der Waals surface area contributed by atoms with Gasteiger partial charge < -0.3 is 10.6 Å². The summed E-state index contributed by atoms with van der Waals surface area (Å²) in [6.45, 7) is 2.22. The van der Waals surface area contributed by atoms with Crippen LogP contribution in [0.25, 0.3) is 0 Å². The van der Waals surface area contributed by atoms with E-state index in [1.807, 2.05) is 19.0 Å². The summed E-state index contributed by atoms with van der Waals surface area (Å²) in [5.74, 6) is 0. The second-order valence-corrected chi connectivity index (χ2v) is 6.48. The van der Waals surface area contributed by atoms with Crippen LogP contribution in [0, 0.1) is 10.1 Å². The number of nitrogens with two attached hydrogens (primary N) is 1. The summed E-state index contributed by atoms with van der Waals surface area (Å²) in [4.78, 5) is 11.7. The number of nitro groups is 1. The third-order valence-corrected chi connectivity index (χ3v) is 4.09. The lowest BCUT2D eigenvalue weighted by Gasteiger charge is -2.18. The summed E-state index contributed by atoms with van der Waals surface area (Å²) in [7, 11) is -0.178. The predicted molar refractivity (Wildman–Crippen MR) is 75.8 cm³/mol. The van der Waals surface area contributed by atoms with Gasteiger partial charge in [-0.15, -0.1) is 0 Å². The average Bonchev–Trinajstić information content (AvgIpc) is 2.26. The molecular weight excluding hydrogens is 284 g/mol. The second-order valence-electron chi connectivity index (χ2n) is 4.76. The fourth-order valence-corrected chi connectivity index (χ4v) is 3.02. The molecule has 0 radical (unpaired) electrons. The summed E-state index contributed by atoms with van der Waals surface area (Å²) >= 11 is 0. The Balaban J connectivity index is 3.04. The Morgan fingerprint density at radius 1 is 1.45 bits per heavy atom. The number of anilines is 1. The molecule has 9 heteroatoms. The third-order valence-electron chi connectivity index (χ3n) is 2.50. The van der Waals surface area contributed by atoms with Crippen molar-refractivity contribution in [2.45, 2.75) is 17.9 Å². The van der Waals surface area contributed by atoms with Gasteiger partial charge in [0, 0.05) is 18.7 Å². The van der Waals surface area contributed by atoms with E-state index >= 15 is 0 Å². The molecule has 0 spiro atoms. The Labute approximate surface area is 117 Å². The van der Waals surface area contributed by atoms with Crippen molar-refractivity contribution in [1.29, 1.82) is 0 Å². The molecule has 1 atom stereocenters. The molecule has 0 aliphatic rings. The molecule has 0 aliphatic heterocycles. The predicted octanol–water partition coefficient (Wildman–Crippen LogP) is 0.405. The molecule has 112 valence electrons. The minimum absolute atomic E-state index is 0.0738. The van der Waals surface area contributed by atoms with E-state index in [1.165, 1.54) is 12.1 Å². The van der Waals surface area contributed by atoms with Crippen molar-refractivity contribution in [2.75, 3.05) is 26.4 Å². The molecule has 0 saturated heterocycles. The first-order valence-electron chi connectivity index (χ1n) is 5.84. The van der Waals surface area contributed by atoms with Gasteiger partial charge in [0.15, 0.2) is 0 Å². The number of sulfonamides is 1. The standard InChI is InChI=1S/C11H18N4O4S/c1-8(7-14(2)3)13-20(18,19)9-4-5-10(12)11(6-9)15(16)17/h4-6,8,13H,7,12H2,1-3H3. The van der Waals surface area contributed by atoms with Crippen LogP contribution in [0.2, 0.25) is 0 Å². The highest BCUT2D eigenvalue weighted by Crippen LogP contribution is 2.24. The van der Waals surface area contributed by atoms with Crippen LogP contribution in [-0.2, 0) is 10.0 Å². The highest BCUT2D eigenvalue weighted by Gasteiger charge is 2.22. The van der Waals surface area contributed by atoms with Crippen molar-refractivity contribution in [3.63, 3.8) is 0 Å². The van der Waals surface area contributed by atoms with Gasteiger partial charge in [0.25, 0.3) is 5.69 Å². The summed E-state index contributed by atoms with van der Waals surface area (Å²) in [5.41, 5.74) is 4.94. The summed E-state index contributed by atoms with van der Waals surface area (Å²) in [6.07, 6.45) is 0. The van der Waals surface area contributed by atoms with Crippen LogP contribution < -0.4 is 10.5 Å². The van der Waals surface area contributed by atoms with Gasteiger partial charge in [0.05, 0.1) is 9.82 Å². The van der Waals surface area contributed by atoms with Crippen LogP contribution >= 0.6 is 0 Å². The molecule has 0 amide bonds. The van der Waals surface area contributed by atoms with Crippen LogP contribution in [0.5, 0.6) is 0 Å². The highest BCUT2D eigenvalue weighted by molar-refractivity contribution is 7.89. The second kappa shape index (κ2) is 6.16. The van der Waals surface area contributed by atoms with Gasteiger partial charge in [0.2, 0.25) is 10.0 Å². The molecule has 1 rings (SSSR count). The number of nitrogens with one attached hydrogen (secondary N) is 1. The van der Waals surface area contributed by atoms with Crippen molar-refractivity contribution in [2.24, 2.45) is 0 Å². The van der Waals surface area contributed by atoms with E-state index in [-0.39, 0.29) is 16.6 Å². The normalized spacial score (nSPS) is 13.4. The first kappa shape index (κ1) is 16.3. The van der Waals surface area contributed by atoms with Gasteiger partial charge >= 0.3 is 0 Å². The lowest BCUT2D eigenvalue weighted by molar-refractivity contribution is -0.384. The summed E-state index contributed by atoms with van der Waals surface area (Å²) < 4.78 is 26.7. The van der Waals surface area contributed by atoms with Gasteiger partial charge in [0.1, 0.15) is 5.69 Å². The van der Waals surface area contributed by atoms with Gasteiger partial charge in [-0.1, -0.05) is 0 Å². The largest absolute Gasteiger partial charge is 0.393 e. The summed E-state index contributed by atoms with van der Waals surface area (Å²) in [5, 5.41) is 10.8. The van der Waals surface area contributed by atoms with E-state index in [0.717, 1.165) is 6.07 Å². The molecular formula is C11H18N4O4S. The average molecular weight is 302 g/mol. The van der Waals surface area contributed by atoms with Crippen LogP contribution in [-0.4, -0.2) is 44.9 Å². The highest BCUT2D eigenvalue weighted by atomic mass is 32.2. The van der Waals surface area contributed by atoms with Crippen LogP contribution in [0.4, 0.5) is 11.4 Å². The maximum atomic E-state index is 12.1. The number of nitrogens with zero attached hydrogens (tertiary/aromatic N) is 2. The number of nitro benzene ring substituents is 1. The van der Waals surface area contributed by atoms with Crippen LogP contribution in [0.3, 0.4) is 0 Å². The molecule has 0 fully saturated rings. The molecule has 0 aliphatic carbocycles. The molecule has 0 heterocycles.